The van der Waals surface area contributed by atoms with Gasteiger partial charge in [-0.15, -0.1) is 0 Å². The molecule has 0 amide bonds. The van der Waals surface area contributed by atoms with Crippen molar-refractivity contribution in [2.75, 3.05) is 0 Å². The molecule has 0 unspecified atom stereocenters. The van der Waals surface area contributed by atoms with Gasteiger partial charge in [0.1, 0.15) is 0 Å². The summed E-state index contributed by atoms with van der Waals surface area (Å²) in [5, 5.41) is 20.2. The highest BCUT2D eigenvalue weighted by Gasteiger charge is 2.29. The van der Waals surface area contributed by atoms with E-state index in [2.05, 4.69) is 0 Å². The molecular formula is C16H15NO4. The van der Waals surface area contributed by atoms with Gasteiger partial charge in [-0.2, -0.15) is 0 Å². The van der Waals surface area contributed by atoms with Crippen LogP contribution in [0.3, 0.4) is 0 Å². The lowest BCUT2D eigenvalue weighted by Gasteiger charge is -2.27. The first kappa shape index (κ1) is 14.7. The van der Waals surface area contributed by atoms with E-state index in [0.29, 0.717) is 5.56 Å². The van der Waals surface area contributed by atoms with E-state index in [1.807, 2.05) is 44.2 Å². The van der Waals surface area contributed by atoms with Crippen molar-refractivity contribution in [3.63, 3.8) is 0 Å². The van der Waals surface area contributed by atoms with E-state index in [0.717, 1.165) is 11.6 Å². The van der Waals surface area contributed by atoms with Gasteiger partial charge in [-0.25, -0.2) is 4.79 Å². The average Bonchev–Trinajstić information content (AvgIpc) is 2.47. The second-order valence-corrected chi connectivity index (χ2v) is 5.28. The van der Waals surface area contributed by atoms with Crippen molar-refractivity contribution < 1.29 is 14.8 Å². The minimum absolute atomic E-state index is 0.0435. The van der Waals surface area contributed by atoms with Gasteiger partial charge in [-0.1, -0.05) is 50.2 Å². The van der Waals surface area contributed by atoms with Crippen LogP contribution in [0.25, 0.3) is 0 Å². The van der Waals surface area contributed by atoms with Crippen LogP contribution in [0.1, 0.15) is 35.3 Å². The molecule has 0 aromatic heterocycles. The summed E-state index contributed by atoms with van der Waals surface area (Å²) in [6, 6.07) is 13.4. The minimum atomic E-state index is -1.17. The quantitative estimate of drug-likeness (QED) is 0.687. The maximum atomic E-state index is 11.5. The predicted molar refractivity (Wildman–Crippen MR) is 78.6 cm³/mol. The van der Waals surface area contributed by atoms with Crippen molar-refractivity contribution in [2.24, 2.45) is 0 Å². The van der Waals surface area contributed by atoms with Gasteiger partial charge >= 0.3 is 5.97 Å². The van der Waals surface area contributed by atoms with E-state index in [4.69, 9.17) is 0 Å². The smallest absolute Gasteiger partial charge is 0.336 e. The SMILES string of the molecule is CC(C)(c1ccccc1)c1ccc([N+](=O)[O-])cc1C(=O)O. The highest BCUT2D eigenvalue weighted by molar-refractivity contribution is 5.91. The molecule has 0 fully saturated rings. The summed E-state index contributed by atoms with van der Waals surface area (Å²) in [7, 11) is 0. The Kier molecular flexibility index (Phi) is 3.76. The Labute approximate surface area is 122 Å². The Morgan fingerprint density at radius 3 is 2.29 bits per heavy atom. The molecule has 21 heavy (non-hydrogen) atoms. The van der Waals surface area contributed by atoms with Gasteiger partial charge in [-0.05, 0) is 11.1 Å². The Morgan fingerprint density at radius 2 is 1.76 bits per heavy atom. The van der Waals surface area contributed by atoms with Crippen LogP contribution in [-0.4, -0.2) is 16.0 Å². The molecule has 0 spiro atoms. The molecular weight excluding hydrogens is 270 g/mol. The van der Waals surface area contributed by atoms with Crippen LogP contribution in [0, 0.1) is 10.1 Å². The summed E-state index contributed by atoms with van der Waals surface area (Å²) < 4.78 is 0. The van der Waals surface area contributed by atoms with Crippen LogP contribution in [-0.2, 0) is 5.41 Å². The van der Waals surface area contributed by atoms with Gasteiger partial charge in [-0.3, -0.25) is 10.1 Å². The van der Waals surface area contributed by atoms with Crippen LogP contribution in [0.4, 0.5) is 5.69 Å². The zero-order valence-corrected chi connectivity index (χ0v) is 11.7. The van der Waals surface area contributed by atoms with Crippen molar-refractivity contribution >= 4 is 11.7 Å². The molecule has 2 aromatic rings. The molecule has 0 saturated carbocycles. The predicted octanol–water partition coefficient (Wildman–Crippen LogP) is 3.62. The number of hydrogen-bond donors (Lipinski definition) is 1. The van der Waals surface area contributed by atoms with Crippen LogP contribution >= 0.6 is 0 Å². The maximum Gasteiger partial charge on any atom is 0.336 e. The van der Waals surface area contributed by atoms with Gasteiger partial charge in [0, 0.05) is 17.5 Å². The maximum absolute atomic E-state index is 11.5. The third kappa shape index (κ3) is 2.76. The van der Waals surface area contributed by atoms with E-state index in [9.17, 15) is 20.0 Å². The number of carboxylic acid groups (broad SMARTS) is 1. The summed E-state index contributed by atoms with van der Waals surface area (Å²) in [4.78, 5) is 21.7. The number of carbonyl (C=O) groups is 1. The second kappa shape index (κ2) is 5.36. The van der Waals surface area contributed by atoms with E-state index in [1.165, 1.54) is 12.1 Å². The lowest BCUT2D eigenvalue weighted by atomic mass is 9.76. The number of nitro benzene ring substituents is 1. The normalized spacial score (nSPS) is 11.1. The number of nitrogens with zero attached hydrogens (tertiary/aromatic N) is 1. The van der Waals surface area contributed by atoms with E-state index in [-0.39, 0.29) is 11.3 Å². The van der Waals surface area contributed by atoms with Gasteiger partial charge in [0.15, 0.2) is 0 Å². The van der Waals surface area contributed by atoms with Crippen LogP contribution < -0.4 is 0 Å². The van der Waals surface area contributed by atoms with Crippen molar-refractivity contribution in [1.29, 1.82) is 0 Å². The molecule has 0 aliphatic heterocycles. The molecule has 0 heterocycles. The molecule has 5 nitrogen and oxygen atoms in total. The first-order valence-corrected chi connectivity index (χ1v) is 6.42. The molecule has 0 aliphatic carbocycles. The third-order valence-corrected chi connectivity index (χ3v) is 3.61. The van der Waals surface area contributed by atoms with E-state index in [1.54, 1.807) is 0 Å². The number of carboxylic acids is 1. The third-order valence-electron chi connectivity index (χ3n) is 3.61. The standard InChI is InChI=1S/C16H15NO4/c1-16(2,11-6-4-3-5-7-11)14-9-8-12(17(20)21)10-13(14)15(18)19/h3-10H,1-2H3,(H,18,19). The minimum Gasteiger partial charge on any atom is -0.478 e. The summed E-state index contributed by atoms with van der Waals surface area (Å²) in [6.07, 6.45) is 0. The molecule has 1 N–H and O–H groups in total. The van der Waals surface area contributed by atoms with Crippen LogP contribution in [0.2, 0.25) is 0 Å². The van der Waals surface area contributed by atoms with Crippen molar-refractivity contribution in [3.05, 3.63) is 75.3 Å². The molecule has 108 valence electrons. The van der Waals surface area contributed by atoms with Crippen molar-refractivity contribution in [3.8, 4) is 0 Å². The fourth-order valence-electron chi connectivity index (χ4n) is 2.38. The van der Waals surface area contributed by atoms with Crippen molar-refractivity contribution in [2.45, 2.75) is 19.3 Å². The summed E-state index contributed by atoms with van der Waals surface area (Å²) in [5.41, 5.74) is 0.663. The average molecular weight is 285 g/mol. The highest BCUT2D eigenvalue weighted by atomic mass is 16.6. The van der Waals surface area contributed by atoms with Crippen LogP contribution in [0.5, 0.6) is 0 Å². The Balaban J connectivity index is 2.63. The number of nitro groups is 1. The zero-order chi connectivity index (χ0) is 15.6. The molecule has 0 saturated heterocycles. The monoisotopic (exact) mass is 285 g/mol. The first-order chi connectivity index (χ1) is 9.84. The van der Waals surface area contributed by atoms with Gasteiger partial charge in [0.25, 0.3) is 5.69 Å². The summed E-state index contributed by atoms with van der Waals surface area (Å²) in [5.74, 6) is -1.17. The molecule has 0 bridgehead atoms. The fourth-order valence-corrected chi connectivity index (χ4v) is 2.38. The van der Waals surface area contributed by atoms with Crippen molar-refractivity contribution in [1.82, 2.24) is 0 Å². The van der Waals surface area contributed by atoms with Gasteiger partial charge in [0.05, 0.1) is 10.5 Å². The fraction of sp³-hybridized carbons (Fsp3) is 0.188. The number of rotatable bonds is 4. The molecule has 5 heteroatoms. The number of hydrogen-bond acceptors (Lipinski definition) is 3. The Hall–Kier alpha value is -2.69. The second-order valence-electron chi connectivity index (χ2n) is 5.28. The van der Waals surface area contributed by atoms with Gasteiger partial charge < -0.3 is 5.11 Å². The lowest BCUT2D eigenvalue weighted by molar-refractivity contribution is -0.384. The molecule has 2 aromatic carbocycles. The Morgan fingerprint density at radius 1 is 1.14 bits per heavy atom. The molecule has 2 rings (SSSR count). The summed E-state index contributed by atoms with van der Waals surface area (Å²) >= 11 is 0. The topological polar surface area (TPSA) is 80.4 Å². The molecule has 0 aliphatic rings. The first-order valence-electron chi connectivity index (χ1n) is 6.42. The lowest BCUT2D eigenvalue weighted by Crippen LogP contribution is -2.22. The number of non-ortho nitro benzene ring substituents is 1. The molecule has 0 atom stereocenters. The van der Waals surface area contributed by atoms with Gasteiger partial charge in [0.2, 0.25) is 0 Å². The zero-order valence-electron chi connectivity index (χ0n) is 11.7. The number of aromatic carboxylic acids is 1. The van der Waals surface area contributed by atoms with Crippen LogP contribution in [0.15, 0.2) is 48.5 Å². The summed E-state index contributed by atoms with van der Waals surface area (Å²) in [6.45, 7) is 3.80. The number of benzene rings is 2. The van der Waals surface area contributed by atoms with E-state index >= 15 is 0 Å². The largest absolute Gasteiger partial charge is 0.478 e. The molecule has 0 radical (unpaired) electrons. The Bertz CT molecular complexity index is 693. The highest BCUT2D eigenvalue weighted by Crippen LogP contribution is 2.35. The van der Waals surface area contributed by atoms with E-state index < -0.39 is 16.3 Å².